The van der Waals surface area contributed by atoms with Crippen LogP contribution in [0, 0.1) is 5.92 Å². The van der Waals surface area contributed by atoms with Crippen molar-refractivity contribution in [2.24, 2.45) is 5.92 Å². The zero-order chi connectivity index (χ0) is 14.1. The second kappa shape index (κ2) is 5.40. The average Bonchev–Trinajstić information content (AvgIpc) is 3.11. The number of tetrazole rings is 1. The Labute approximate surface area is 123 Å². The summed E-state index contributed by atoms with van der Waals surface area (Å²) in [6.45, 7) is 2.18. The Morgan fingerprint density at radius 3 is 2.85 bits per heavy atom. The maximum absolute atomic E-state index is 6.06. The molecule has 2 N–H and O–H groups in total. The van der Waals surface area contributed by atoms with Crippen LogP contribution in [0.1, 0.15) is 38.6 Å². The number of nitrogens with zero attached hydrogens (tertiary/aromatic N) is 4. The molecule has 2 aromatic rings. The third-order valence-electron chi connectivity index (χ3n) is 4.22. The van der Waals surface area contributed by atoms with Crippen LogP contribution in [0.5, 0.6) is 0 Å². The highest BCUT2D eigenvalue weighted by Gasteiger charge is 2.26. The standard InChI is InChI=1S/C14H18ClN5/c1-9(10-4-2-3-5-10)20-14(17-18-19-20)12-8-11(15)6-7-13(12)16/h6-10H,2-5,16H2,1H3. The number of aromatic nitrogens is 4. The van der Waals surface area contributed by atoms with E-state index in [4.69, 9.17) is 17.3 Å². The second-order valence-corrected chi connectivity index (χ2v) is 5.90. The molecule has 0 amide bonds. The molecular weight excluding hydrogens is 274 g/mol. The van der Waals surface area contributed by atoms with Crippen molar-refractivity contribution >= 4 is 17.3 Å². The first-order valence-corrected chi connectivity index (χ1v) is 7.38. The van der Waals surface area contributed by atoms with Crippen LogP contribution >= 0.6 is 11.6 Å². The normalized spacial score (nSPS) is 17.5. The van der Waals surface area contributed by atoms with Crippen molar-refractivity contribution in [2.75, 3.05) is 5.73 Å². The molecule has 6 heteroatoms. The van der Waals surface area contributed by atoms with Gasteiger partial charge in [0.05, 0.1) is 6.04 Å². The third-order valence-corrected chi connectivity index (χ3v) is 4.45. The van der Waals surface area contributed by atoms with Gasteiger partial charge >= 0.3 is 0 Å². The molecule has 1 aromatic heterocycles. The highest BCUT2D eigenvalue weighted by molar-refractivity contribution is 6.31. The van der Waals surface area contributed by atoms with Crippen LogP contribution in [0.2, 0.25) is 5.02 Å². The first-order chi connectivity index (χ1) is 9.66. The lowest BCUT2D eigenvalue weighted by atomic mass is 9.99. The van der Waals surface area contributed by atoms with Crippen LogP contribution in [0.3, 0.4) is 0 Å². The number of nitrogen functional groups attached to an aromatic ring is 1. The molecule has 1 atom stereocenters. The van der Waals surface area contributed by atoms with E-state index in [0.717, 1.165) is 5.56 Å². The summed E-state index contributed by atoms with van der Waals surface area (Å²) >= 11 is 6.06. The van der Waals surface area contributed by atoms with E-state index in [2.05, 4.69) is 22.4 Å². The van der Waals surface area contributed by atoms with Gasteiger partial charge in [-0.2, -0.15) is 0 Å². The van der Waals surface area contributed by atoms with Gasteiger partial charge in [-0.3, -0.25) is 0 Å². The number of anilines is 1. The smallest absolute Gasteiger partial charge is 0.184 e. The summed E-state index contributed by atoms with van der Waals surface area (Å²) in [6, 6.07) is 5.66. The minimum Gasteiger partial charge on any atom is -0.398 e. The first-order valence-electron chi connectivity index (χ1n) is 7.00. The van der Waals surface area contributed by atoms with E-state index >= 15 is 0 Å². The van der Waals surface area contributed by atoms with Gasteiger partial charge in [-0.1, -0.05) is 24.4 Å². The molecule has 1 unspecified atom stereocenters. The Balaban J connectivity index is 1.99. The fourth-order valence-corrected chi connectivity index (χ4v) is 3.18. The van der Waals surface area contributed by atoms with Gasteiger partial charge in [0.2, 0.25) is 0 Å². The minimum atomic E-state index is 0.279. The zero-order valence-corrected chi connectivity index (χ0v) is 12.2. The Morgan fingerprint density at radius 2 is 2.10 bits per heavy atom. The van der Waals surface area contributed by atoms with Crippen molar-refractivity contribution in [1.82, 2.24) is 20.2 Å². The number of nitrogens with two attached hydrogens (primary N) is 1. The fourth-order valence-electron chi connectivity index (χ4n) is 3.01. The van der Waals surface area contributed by atoms with Crippen LogP contribution in [0.15, 0.2) is 18.2 Å². The number of benzene rings is 1. The molecule has 3 rings (SSSR count). The fraction of sp³-hybridized carbons (Fsp3) is 0.500. The number of hydrogen-bond donors (Lipinski definition) is 1. The molecule has 1 aromatic carbocycles. The molecule has 0 aliphatic heterocycles. The largest absolute Gasteiger partial charge is 0.398 e. The van der Waals surface area contributed by atoms with E-state index in [9.17, 15) is 0 Å². The van der Waals surface area contributed by atoms with Crippen LogP contribution in [0.4, 0.5) is 5.69 Å². The van der Waals surface area contributed by atoms with Gasteiger partial charge in [0, 0.05) is 16.3 Å². The van der Waals surface area contributed by atoms with E-state index in [1.807, 2.05) is 10.7 Å². The van der Waals surface area contributed by atoms with Crippen LogP contribution in [-0.2, 0) is 0 Å². The molecule has 0 radical (unpaired) electrons. The zero-order valence-electron chi connectivity index (χ0n) is 11.5. The Bertz CT molecular complexity index is 603. The number of halogens is 1. The molecule has 20 heavy (non-hydrogen) atoms. The van der Waals surface area contributed by atoms with Crippen LogP contribution in [0.25, 0.3) is 11.4 Å². The van der Waals surface area contributed by atoms with Crippen molar-refractivity contribution in [3.63, 3.8) is 0 Å². The van der Waals surface area contributed by atoms with E-state index in [1.54, 1.807) is 12.1 Å². The summed E-state index contributed by atoms with van der Waals surface area (Å²) in [6.07, 6.45) is 5.08. The van der Waals surface area contributed by atoms with E-state index < -0.39 is 0 Å². The van der Waals surface area contributed by atoms with Crippen LogP contribution in [-0.4, -0.2) is 20.2 Å². The summed E-state index contributed by atoms with van der Waals surface area (Å²) in [5.41, 5.74) is 7.48. The number of hydrogen-bond acceptors (Lipinski definition) is 4. The third kappa shape index (κ3) is 2.38. The monoisotopic (exact) mass is 291 g/mol. The molecule has 1 aliphatic carbocycles. The average molecular weight is 292 g/mol. The molecule has 0 spiro atoms. The summed E-state index contributed by atoms with van der Waals surface area (Å²) in [7, 11) is 0. The minimum absolute atomic E-state index is 0.279. The summed E-state index contributed by atoms with van der Waals surface area (Å²) in [5.74, 6) is 1.34. The lowest BCUT2D eigenvalue weighted by Gasteiger charge is -2.20. The molecule has 5 nitrogen and oxygen atoms in total. The van der Waals surface area contributed by atoms with Crippen molar-refractivity contribution in [3.8, 4) is 11.4 Å². The molecular formula is C14H18ClN5. The molecule has 0 bridgehead atoms. The Kier molecular flexibility index (Phi) is 3.61. The number of rotatable bonds is 3. The quantitative estimate of drug-likeness (QED) is 0.881. The van der Waals surface area contributed by atoms with Gasteiger partial charge in [-0.25, -0.2) is 4.68 Å². The van der Waals surface area contributed by atoms with Gasteiger partial charge in [0.15, 0.2) is 5.82 Å². The van der Waals surface area contributed by atoms with Crippen molar-refractivity contribution < 1.29 is 0 Å². The summed E-state index contributed by atoms with van der Waals surface area (Å²) < 4.78 is 1.89. The lowest BCUT2D eigenvalue weighted by Crippen LogP contribution is -2.17. The van der Waals surface area contributed by atoms with Gasteiger partial charge in [-0.15, -0.1) is 5.10 Å². The molecule has 1 saturated carbocycles. The molecule has 1 heterocycles. The highest BCUT2D eigenvalue weighted by atomic mass is 35.5. The van der Waals surface area contributed by atoms with Crippen molar-refractivity contribution in [1.29, 1.82) is 0 Å². The molecule has 1 fully saturated rings. The van der Waals surface area contributed by atoms with Gasteiger partial charge in [-0.05, 0) is 54.3 Å². The van der Waals surface area contributed by atoms with Crippen molar-refractivity contribution in [2.45, 2.75) is 38.6 Å². The van der Waals surface area contributed by atoms with Crippen molar-refractivity contribution in [3.05, 3.63) is 23.2 Å². The SMILES string of the molecule is CC(C1CCCC1)n1nnnc1-c1cc(Cl)ccc1N. The lowest BCUT2D eigenvalue weighted by molar-refractivity contribution is 0.332. The van der Waals surface area contributed by atoms with Gasteiger partial charge < -0.3 is 5.73 Å². The maximum Gasteiger partial charge on any atom is 0.184 e. The molecule has 1 aliphatic rings. The van der Waals surface area contributed by atoms with E-state index in [-0.39, 0.29) is 6.04 Å². The predicted octanol–water partition coefficient (Wildman–Crippen LogP) is 3.33. The molecule has 0 saturated heterocycles. The Hall–Kier alpha value is -1.62. The predicted molar refractivity (Wildman–Crippen MR) is 79.3 cm³/mol. The highest BCUT2D eigenvalue weighted by Crippen LogP contribution is 2.36. The van der Waals surface area contributed by atoms with E-state index in [1.165, 1.54) is 25.7 Å². The summed E-state index contributed by atoms with van der Waals surface area (Å²) in [4.78, 5) is 0. The molecule has 106 valence electrons. The topological polar surface area (TPSA) is 69.6 Å². The summed E-state index contributed by atoms with van der Waals surface area (Å²) in [5, 5.41) is 12.8. The maximum atomic E-state index is 6.06. The second-order valence-electron chi connectivity index (χ2n) is 5.46. The first kappa shape index (κ1) is 13.4. The van der Waals surface area contributed by atoms with Gasteiger partial charge in [0.25, 0.3) is 0 Å². The van der Waals surface area contributed by atoms with Crippen LogP contribution < -0.4 is 5.73 Å². The van der Waals surface area contributed by atoms with Gasteiger partial charge in [0.1, 0.15) is 0 Å². The van der Waals surface area contributed by atoms with E-state index in [0.29, 0.717) is 22.5 Å². The Morgan fingerprint density at radius 1 is 1.35 bits per heavy atom.